The van der Waals surface area contributed by atoms with Gasteiger partial charge in [0, 0.05) is 6.20 Å². The van der Waals surface area contributed by atoms with Gasteiger partial charge in [0.15, 0.2) is 0 Å². The van der Waals surface area contributed by atoms with E-state index in [9.17, 15) is 9.59 Å². The summed E-state index contributed by atoms with van der Waals surface area (Å²) in [5.74, 6) is -1.20. The summed E-state index contributed by atoms with van der Waals surface area (Å²) < 4.78 is 1.40. The van der Waals surface area contributed by atoms with Crippen molar-refractivity contribution in [1.29, 1.82) is 0 Å². The molecular formula is C14H13NO3. The van der Waals surface area contributed by atoms with Crippen LogP contribution >= 0.6 is 0 Å². The molecule has 1 aromatic carbocycles. The first-order chi connectivity index (χ1) is 8.58. The van der Waals surface area contributed by atoms with Crippen LogP contribution < -0.4 is 5.56 Å². The van der Waals surface area contributed by atoms with Crippen molar-refractivity contribution in [2.45, 2.75) is 13.5 Å². The zero-order chi connectivity index (χ0) is 13.1. The Morgan fingerprint density at radius 3 is 2.72 bits per heavy atom. The number of benzene rings is 1. The highest BCUT2D eigenvalue weighted by atomic mass is 16.4. The quantitative estimate of drug-likeness (QED) is 0.895. The van der Waals surface area contributed by atoms with E-state index < -0.39 is 11.5 Å². The Morgan fingerprint density at radius 2 is 2.06 bits per heavy atom. The van der Waals surface area contributed by atoms with Gasteiger partial charge in [0.1, 0.15) is 5.56 Å². The maximum atomic E-state index is 11.9. The number of aromatic nitrogens is 1. The largest absolute Gasteiger partial charge is 0.477 e. The fourth-order valence-corrected chi connectivity index (χ4v) is 1.83. The van der Waals surface area contributed by atoms with Crippen molar-refractivity contribution >= 4 is 5.97 Å². The number of pyridine rings is 1. The van der Waals surface area contributed by atoms with Crippen molar-refractivity contribution < 1.29 is 9.90 Å². The molecule has 1 N–H and O–H groups in total. The Hall–Kier alpha value is -2.36. The molecule has 0 aliphatic heterocycles. The average molecular weight is 243 g/mol. The second-order valence-corrected chi connectivity index (χ2v) is 4.15. The highest BCUT2D eigenvalue weighted by molar-refractivity contribution is 5.86. The maximum absolute atomic E-state index is 11.9. The average Bonchev–Trinajstić information content (AvgIpc) is 2.31. The van der Waals surface area contributed by atoms with Gasteiger partial charge in [-0.3, -0.25) is 4.79 Å². The highest BCUT2D eigenvalue weighted by Crippen LogP contribution is 2.05. The molecule has 0 saturated carbocycles. The summed E-state index contributed by atoms with van der Waals surface area (Å²) in [5, 5.41) is 8.89. The zero-order valence-corrected chi connectivity index (χ0v) is 9.96. The van der Waals surface area contributed by atoms with Crippen LogP contribution in [0.15, 0.2) is 47.4 Å². The molecule has 92 valence electrons. The molecule has 0 amide bonds. The van der Waals surface area contributed by atoms with E-state index in [1.54, 1.807) is 12.3 Å². The van der Waals surface area contributed by atoms with E-state index >= 15 is 0 Å². The van der Waals surface area contributed by atoms with E-state index in [0.717, 1.165) is 11.1 Å². The van der Waals surface area contributed by atoms with Gasteiger partial charge in [0.25, 0.3) is 5.56 Å². The Morgan fingerprint density at radius 1 is 1.28 bits per heavy atom. The van der Waals surface area contributed by atoms with Gasteiger partial charge in [0.05, 0.1) is 6.54 Å². The number of nitrogens with zero attached hydrogens (tertiary/aromatic N) is 1. The summed E-state index contributed by atoms with van der Waals surface area (Å²) >= 11 is 0. The van der Waals surface area contributed by atoms with Gasteiger partial charge in [0.2, 0.25) is 0 Å². The van der Waals surface area contributed by atoms with Gasteiger partial charge in [-0.2, -0.15) is 0 Å². The molecule has 0 saturated heterocycles. The van der Waals surface area contributed by atoms with Crippen LogP contribution in [-0.4, -0.2) is 15.6 Å². The predicted octanol–water partition coefficient (Wildman–Crippen LogP) is 1.90. The maximum Gasteiger partial charge on any atom is 0.341 e. The van der Waals surface area contributed by atoms with Crippen LogP contribution in [0.25, 0.3) is 0 Å². The molecule has 1 aromatic heterocycles. The number of hydrogen-bond acceptors (Lipinski definition) is 2. The van der Waals surface area contributed by atoms with E-state index in [1.807, 2.05) is 31.2 Å². The number of carbonyl (C=O) groups is 1. The fraction of sp³-hybridized carbons (Fsp3) is 0.143. The molecule has 0 bridgehead atoms. The van der Waals surface area contributed by atoms with E-state index in [0.29, 0.717) is 6.54 Å². The number of carboxylic acids is 1. The van der Waals surface area contributed by atoms with Crippen LogP contribution in [-0.2, 0) is 6.54 Å². The third-order valence-electron chi connectivity index (χ3n) is 2.69. The highest BCUT2D eigenvalue weighted by Gasteiger charge is 2.10. The molecule has 1 heterocycles. The minimum absolute atomic E-state index is 0.204. The summed E-state index contributed by atoms with van der Waals surface area (Å²) in [6, 6.07) is 10.7. The topological polar surface area (TPSA) is 59.3 Å². The molecule has 0 spiro atoms. The SMILES string of the molecule is Cc1cccc(Cn2cccc(C(=O)O)c2=O)c1. The van der Waals surface area contributed by atoms with E-state index in [4.69, 9.17) is 5.11 Å². The van der Waals surface area contributed by atoms with Crippen molar-refractivity contribution in [3.63, 3.8) is 0 Å². The molecular weight excluding hydrogens is 230 g/mol. The second-order valence-electron chi connectivity index (χ2n) is 4.15. The van der Waals surface area contributed by atoms with E-state index in [-0.39, 0.29) is 5.56 Å². The number of hydrogen-bond donors (Lipinski definition) is 1. The molecule has 0 fully saturated rings. The van der Waals surface area contributed by atoms with Crippen LogP contribution in [0.4, 0.5) is 0 Å². The van der Waals surface area contributed by atoms with Gasteiger partial charge in [-0.1, -0.05) is 29.8 Å². The minimum atomic E-state index is -1.20. The lowest BCUT2D eigenvalue weighted by atomic mass is 10.1. The van der Waals surface area contributed by atoms with Crippen molar-refractivity contribution in [3.8, 4) is 0 Å². The molecule has 0 radical (unpaired) electrons. The molecule has 2 rings (SSSR count). The lowest BCUT2D eigenvalue weighted by Gasteiger charge is -2.07. The normalized spacial score (nSPS) is 10.3. The molecule has 0 unspecified atom stereocenters. The Balaban J connectivity index is 2.38. The van der Waals surface area contributed by atoms with E-state index in [2.05, 4.69) is 0 Å². The number of aryl methyl sites for hydroxylation is 1. The first-order valence-electron chi connectivity index (χ1n) is 5.56. The van der Waals surface area contributed by atoms with Gasteiger partial charge in [-0.05, 0) is 24.6 Å². The number of aromatic carboxylic acids is 1. The van der Waals surface area contributed by atoms with Crippen LogP contribution in [0, 0.1) is 6.92 Å². The van der Waals surface area contributed by atoms with Crippen LogP contribution in [0.3, 0.4) is 0 Å². The Labute approximate surface area is 104 Å². The van der Waals surface area contributed by atoms with E-state index in [1.165, 1.54) is 10.6 Å². The third kappa shape index (κ3) is 2.48. The lowest BCUT2D eigenvalue weighted by Crippen LogP contribution is -2.25. The molecule has 4 heteroatoms. The van der Waals surface area contributed by atoms with Gasteiger partial charge >= 0.3 is 5.97 Å². The van der Waals surface area contributed by atoms with Crippen molar-refractivity contribution in [3.05, 3.63) is 69.6 Å². The van der Waals surface area contributed by atoms with Gasteiger partial charge in [-0.15, -0.1) is 0 Å². The lowest BCUT2D eigenvalue weighted by molar-refractivity contribution is 0.0694. The molecule has 0 atom stereocenters. The van der Waals surface area contributed by atoms with Gasteiger partial charge in [-0.25, -0.2) is 4.79 Å². The number of carboxylic acid groups (broad SMARTS) is 1. The van der Waals surface area contributed by atoms with Crippen molar-refractivity contribution in [1.82, 2.24) is 4.57 Å². The van der Waals surface area contributed by atoms with Crippen LogP contribution in [0.5, 0.6) is 0 Å². The first kappa shape index (κ1) is 12.1. The molecule has 4 nitrogen and oxygen atoms in total. The monoisotopic (exact) mass is 243 g/mol. The molecule has 18 heavy (non-hydrogen) atoms. The summed E-state index contributed by atoms with van der Waals surface area (Å²) in [5.41, 5.74) is 1.39. The summed E-state index contributed by atoms with van der Waals surface area (Å²) in [7, 11) is 0. The summed E-state index contributed by atoms with van der Waals surface area (Å²) in [4.78, 5) is 22.7. The molecule has 2 aromatic rings. The standard InChI is InChI=1S/C14H13NO3/c1-10-4-2-5-11(8-10)9-15-7-3-6-12(13(15)16)14(17)18/h2-8H,9H2,1H3,(H,17,18). The summed E-state index contributed by atoms with van der Waals surface area (Å²) in [6.45, 7) is 2.35. The fourth-order valence-electron chi connectivity index (χ4n) is 1.83. The minimum Gasteiger partial charge on any atom is -0.477 e. The summed E-state index contributed by atoms with van der Waals surface area (Å²) in [6.07, 6.45) is 1.59. The van der Waals surface area contributed by atoms with Crippen LogP contribution in [0.2, 0.25) is 0 Å². The van der Waals surface area contributed by atoms with Crippen molar-refractivity contribution in [2.75, 3.05) is 0 Å². The van der Waals surface area contributed by atoms with Crippen LogP contribution in [0.1, 0.15) is 21.5 Å². The molecule has 0 aliphatic carbocycles. The number of rotatable bonds is 3. The zero-order valence-electron chi connectivity index (χ0n) is 9.96. The smallest absolute Gasteiger partial charge is 0.341 e. The Bertz CT molecular complexity index is 643. The second kappa shape index (κ2) is 4.87. The van der Waals surface area contributed by atoms with Gasteiger partial charge < -0.3 is 9.67 Å². The first-order valence-corrected chi connectivity index (χ1v) is 5.56. The predicted molar refractivity (Wildman–Crippen MR) is 67.9 cm³/mol. The Kier molecular flexibility index (Phi) is 3.28. The third-order valence-corrected chi connectivity index (χ3v) is 2.69. The van der Waals surface area contributed by atoms with Crippen molar-refractivity contribution in [2.24, 2.45) is 0 Å². The molecule has 0 aliphatic rings.